The summed E-state index contributed by atoms with van der Waals surface area (Å²) in [4.78, 5) is 13.3. The molecule has 1 spiro atoms. The highest BCUT2D eigenvalue weighted by atomic mass is 16.3. The average Bonchev–Trinajstić information content (AvgIpc) is 2.65. The molecule has 4 fully saturated rings. The van der Waals surface area contributed by atoms with Gasteiger partial charge in [0.15, 0.2) is 0 Å². The second kappa shape index (κ2) is 5.06. The van der Waals surface area contributed by atoms with Crippen molar-refractivity contribution in [3.63, 3.8) is 0 Å². The van der Waals surface area contributed by atoms with Gasteiger partial charge in [0.25, 0.3) is 0 Å². The third-order valence-corrected chi connectivity index (χ3v) is 8.95. The minimum atomic E-state index is -1.33. The van der Waals surface area contributed by atoms with Crippen LogP contribution in [-0.4, -0.2) is 50.6 Å². The van der Waals surface area contributed by atoms with Gasteiger partial charge in [0.05, 0.1) is 29.8 Å². The van der Waals surface area contributed by atoms with Gasteiger partial charge in [0.2, 0.25) is 0 Å². The van der Waals surface area contributed by atoms with Crippen molar-refractivity contribution >= 4 is 5.78 Å². The van der Waals surface area contributed by atoms with Crippen molar-refractivity contribution in [1.29, 1.82) is 0 Å². The van der Waals surface area contributed by atoms with Crippen molar-refractivity contribution in [2.24, 2.45) is 39.9 Å². The Balaban J connectivity index is 1.94. The van der Waals surface area contributed by atoms with E-state index >= 15 is 0 Å². The maximum absolute atomic E-state index is 13.3. The Morgan fingerprint density at radius 3 is 2.28 bits per heavy atom. The zero-order chi connectivity index (χ0) is 18.5. The summed E-state index contributed by atoms with van der Waals surface area (Å²) in [6.07, 6.45) is -1.09. The summed E-state index contributed by atoms with van der Waals surface area (Å²) in [5.41, 5.74) is -2.11. The summed E-state index contributed by atoms with van der Waals surface area (Å²) >= 11 is 0. The number of carbonyl (C=O) groups excluding carboxylic acids is 1. The Hall–Kier alpha value is -0.490. The second-order valence-corrected chi connectivity index (χ2v) is 10.2. The van der Waals surface area contributed by atoms with Crippen LogP contribution in [0, 0.1) is 39.9 Å². The minimum Gasteiger partial charge on any atom is -0.393 e. The fourth-order valence-corrected chi connectivity index (χ4v) is 7.75. The van der Waals surface area contributed by atoms with Crippen LogP contribution in [0.15, 0.2) is 0 Å². The van der Waals surface area contributed by atoms with E-state index in [1.54, 1.807) is 0 Å². The first kappa shape index (κ1) is 17.9. The Labute approximate surface area is 149 Å². The molecule has 4 aliphatic rings. The van der Waals surface area contributed by atoms with Gasteiger partial charge in [-0.1, -0.05) is 27.7 Å². The highest BCUT2D eigenvalue weighted by molar-refractivity contribution is 5.92. The summed E-state index contributed by atoms with van der Waals surface area (Å²) in [6.45, 7) is 8.09. The topological polar surface area (TPSA) is 98.0 Å². The van der Waals surface area contributed by atoms with Crippen molar-refractivity contribution in [3.8, 4) is 0 Å². The molecule has 4 rings (SSSR count). The fourth-order valence-electron chi connectivity index (χ4n) is 7.75. The molecule has 10 atom stereocenters. The van der Waals surface area contributed by atoms with E-state index in [1.165, 1.54) is 0 Å². The highest BCUT2D eigenvalue weighted by Crippen LogP contribution is 2.71. The van der Waals surface area contributed by atoms with Crippen LogP contribution >= 0.6 is 0 Å². The van der Waals surface area contributed by atoms with Crippen LogP contribution in [0.4, 0.5) is 0 Å². The third-order valence-electron chi connectivity index (χ3n) is 8.95. The summed E-state index contributed by atoms with van der Waals surface area (Å²) in [7, 11) is 0. The van der Waals surface area contributed by atoms with Gasteiger partial charge in [-0.3, -0.25) is 4.79 Å². The molecule has 5 nitrogen and oxygen atoms in total. The van der Waals surface area contributed by atoms with E-state index in [4.69, 9.17) is 0 Å². The Kier molecular flexibility index (Phi) is 3.62. The zero-order valence-corrected chi connectivity index (χ0v) is 15.6. The smallest absolute Gasteiger partial charge is 0.147 e. The SMILES string of the molecule is CC1C(=O)C23C(O)CC4C(C)(C)CC[C@@H](O)[C@@]4(C)C2C(O)CC1C3O. The molecule has 142 valence electrons. The maximum atomic E-state index is 13.3. The molecule has 0 aromatic heterocycles. The first-order valence-electron chi connectivity index (χ1n) is 9.77. The number of fused-ring (bicyclic) bond motifs is 3. The third kappa shape index (κ3) is 1.81. The molecule has 5 heteroatoms. The Bertz CT molecular complexity index is 603. The molecule has 25 heavy (non-hydrogen) atoms. The highest BCUT2D eigenvalue weighted by Gasteiger charge is 2.77. The van der Waals surface area contributed by atoms with Crippen LogP contribution in [0.5, 0.6) is 0 Å². The predicted molar refractivity (Wildman–Crippen MR) is 91.5 cm³/mol. The molecule has 4 aliphatic carbocycles. The number of carbonyl (C=O) groups is 1. The normalized spacial score (nSPS) is 60.1. The molecule has 0 amide bonds. The summed E-state index contributed by atoms with van der Waals surface area (Å²) < 4.78 is 0. The number of rotatable bonds is 0. The van der Waals surface area contributed by atoms with Gasteiger partial charge in [-0.2, -0.15) is 0 Å². The van der Waals surface area contributed by atoms with E-state index in [-0.39, 0.29) is 29.0 Å². The average molecular weight is 352 g/mol. The van der Waals surface area contributed by atoms with Crippen LogP contribution in [0.1, 0.15) is 53.4 Å². The molecular weight excluding hydrogens is 320 g/mol. The summed E-state index contributed by atoms with van der Waals surface area (Å²) in [5.74, 6) is -1.39. The van der Waals surface area contributed by atoms with Gasteiger partial charge < -0.3 is 20.4 Å². The lowest BCUT2D eigenvalue weighted by Crippen LogP contribution is -2.72. The van der Waals surface area contributed by atoms with Gasteiger partial charge in [0.1, 0.15) is 5.78 Å². The van der Waals surface area contributed by atoms with E-state index in [1.807, 2.05) is 13.8 Å². The van der Waals surface area contributed by atoms with E-state index in [2.05, 4.69) is 13.8 Å². The monoisotopic (exact) mass is 352 g/mol. The molecule has 0 aromatic rings. The van der Waals surface area contributed by atoms with Crippen LogP contribution < -0.4 is 0 Å². The molecule has 0 saturated heterocycles. The number of hydrogen-bond acceptors (Lipinski definition) is 5. The summed E-state index contributed by atoms with van der Waals surface area (Å²) in [5, 5.41) is 44.3. The molecule has 4 N–H and O–H groups in total. The van der Waals surface area contributed by atoms with Gasteiger partial charge in [-0.15, -0.1) is 0 Å². The van der Waals surface area contributed by atoms with Crippen LogP contribution in [-0.2, 0) is 4.79 Å². The molecule has 0 aliphatic heterocycles. The molecule has 4 saturated carbocycles. The van der Waals surface area contributed by atoms with Gasteiger partial charge >= 0.3 is 0 Å². The molecule has 0 heterocycles. The number of ketones is 1. The lowest BCUT2D eigenvalue weighted by atomic mass is 9.38. The van der Waals surface area contributed by atoms with E-state index < -0.39 is 41.2 Å². The van der Waals surface area contributed by atoms with Gasteiger partial charge in [0, 0.05) is 17.3 Å². The number of Topliss-reactive ketones (excluding diaryl/α,β-unsaturated/α-hetero) is 1. The minimum absolute atomic E-state index is 0.00326. The molecule has 0 aromatic carbocycles. The Morgan fingerprint density at radius 1 is 1.00 bits per heavy atom. The van der Waals surface area contributed by atoms with Crippen LogP contribution in [0.3, 0.4) is 0 Å². The van der Waals surface area contributed by atoms with Crippen molar-refractivity contribution in [3.05, 3.63) is 0 Å². The van der Waals surface area contributed by atoms with Crippen molar-refractivity contribution in [2.45, 2.75) is 77.8 Å². The number of aliphatic hydroxyl groups is 4. The lowest BCUT2D eigenvalue weighted by Gasteiger charge is -2.67. The van der Waals surface area contributed by atoms with E-state index in [0.717, 1.165) is 6.42 Å². The lowest BCUT2D eigenvalue weighted by molar-refractivity contribution is -0.274. The molecule has 0 radical (unpaired) electrons. The van der Waals surface area contributed by atoms with Crippen molar-refractivity contribution in [2.75, 3.05) is 0 Å². The Morgan fingerprint density at radius 2 is 1.64 bits per heavy atom. The summed E-state index contributed by atoms with van der Waals surface area (Å²) in [6, 6.07) is 0. The predicted octanol–water partition coefficient (Wildman–Crippen LogP) is 1.12. The molecule has 2 bridgehead atoms. The van der Waals surface area contributed by atoms with E-state index in [0.29, 0.717) is 19.3 Å². The first-order valence-corrected chi connectivity index (χ1v) is 9.77. The molecular formula is C20H32O5. The quantitative estimate of drug-likeness (QED) is 0.524. The largest absolute Gasteiger partial charge is 0.393 e. The zero-order valence-electron chi connectivity index (χ0n) is 15.6. The van der Waals surface area contributed by atoms with Gasteiger partial charge in [-0.25, -0.2) is 0 Å². The maximum Gasteiger partial charge on any atom is 0.147 e. The van der Waals surface area contributed by atoms with Crippen LogP contribution in [0.25, 0.3) is 0 Å². The standard InChI is InChI=1S/C20H32O5/c1-9-10-7-11(21)15-19(4)12(18(2,3)6-5-13(19)22)8-14(23)20(15,16(9)24)17(10)25/h9-15,17,21-23,25H,5-8H2,1-4H3/t9?,10?,11?,12?,13-,14?,15?,17?,19+,20?/m1/s1. The van der Waals surface area contributed by atoms with Crippen LogP contribution in [0.2, 0.25) is 0 Å². The van der Waals surface area contributed by atoms with Crippen molar-refractivity contribution < 1.29 is 25.2 Å². The first-order chi connectivity index (χ1) is 11.5. The number of aliphatic hydroxyl groups excluding tert-OH is 4. The second-order valence-electron chi connectivity index (χ2n) is 10.2. The number of hydrogen-bond donors (Lipinski definition) is 4. The van der Waals surface area contributed by atoms with Crippen molar-refractivity contribution in [1.82, 2.24) is 0 Å². The fraction of sp³-hybridized carbons (Fsp3) is 0.950. The van der Waals surface area contributed by atoms with Gasteiger partial charge in [-0.05, 0) is 42.9 Å². The van der Waals surface area contributed by atoms with E-state index in [9.17, 15) is 25.2 Å². The molecule has 8 unspecified atom stereocenters.